The van der Waals surface area contributed by atoms with Gasteiger partial charge in [0.1, 0.15) is 0 Å². The van der Waals surface area contributed by atoms with Gasteiger partial charge in [0.2, 0.25) is 0 Å². The molecule has 0 N–H and O–H groups in total. The summed E-state index contributed by atoms with van der Waals surface area (Å²) in [5.41, 5.74) is 0. The third kappa shape index (κ3) is 5.74. The monoisotopic (exact) mass is 418 g/mol. The zero-order chi connectivity index (χ0) is 14.9. The van der Waals surface area contributed by atoms with Crippen molar-refractivity contribution in [2.75, 3.05) is 13.2 Å². The molecular weight excluding hydrogens is 398 g/mol. The van der Waals surface area contributed by atoms with Crippen molar-refractivity contribution in [3.05, 3.63) is 60.7 Å². The summed E-state index contributed by atoms with van der Waals surface area (Å²) in [6, 6.07) is 19.0. The topological polar surface area (TPSA) is 43.4 Å². The van der Waals surface area contributed by atoms with E-state index in [1.807, 2.05) is 60.7 Å². The predicted molar refractivity (Wildman–Crippen MR) is 85.5 cm³/mol. The van der Waals surface area contributed by atoms with Crippen molar-refractivity contribution in [1.82, 2.24) is 0 Å². The average molecular weight is 416 g/mol. The number of hydrogen-bond acceptors (Lipinski definition) is 3. The third-order valence-electron chi connectivity index (χ3n) is 2.84. The fourth-order valence-electron chi connectivity index (χ4n) is 1.75. The summed E-state index contributed by atoms with van der Waals surface area (Å²) >= 11 is -3.98. The summed E-state index contributed by atoms with van der Waals surface area (Å²) in [6.45, 7) is 0.938. The van der Waals surface area contributed by atoms with Crippen LogP contribution in [0.5, 0.6) is 0 Å². The fourth-order valence-corrected chi connectivity index (χ4v) is 5.80. The molecule has 0 radical (unpaired) electrons. The Morgan fingerprint density at radius 3 is 1.43 bits per heavy atom. The second-order valence-electron chi connectivity index (χ2n) is 4.34. The van der Waals surface area contributed by atoms with Crippen molar-refractivity contribution in [1.29, 1.82) is 0 Å². The van der Waals surface area contributed by atoms with Crippen LogP contribution in [0.4, 0.5) is 0 Å². The van der Waals surface area contributed by atoms with Crippen LogP contribution in [0.3, 0.4) is 0 Å². The van der Waals surface area contributed by atoms with Gasteiger partial charge >= 0.3 is 134 Å². The molecule has 2 unspecified atom stereocenters. The molecule has 0 bridgehead atoms. The summed E-state index contributed by atoms with van der Waals surface area (Å²) < 4.78 is 31.4. The molecule has 0 aliphatic carbocycles. The van der Waals surface area contributed by atoms with E-state index >= 15 is 0 Å². The standard InChI is InChI=1S/C16H18O3Se2/c17-20(15-7-3-1-4-8-15)13-11-19-12-14-21(18)16-9-5-2-6-10-16/h1-10H,11-14H2. The minimum absolute atomic E-state index is 0.469. The Morgan fingerprint density at radius 1 is 0.667 bits per heavy atom. The molecule has 3 nitrogen and oxygen atoms in total. The van der Waals surface area contributed by atoms with Gasteiger partial charge in [-0.15, -0.1) is 0 Å². The number of ether oxygens (including phenoxy) is 1. The summed E-state index contributed by atoms with van der Waals surface area (Å²) in [4.78, 5) is 0. The van der Waals surface area contributed by atoms with Gasteiger partial charge < -0.3 is 0 Å². The Labute approximate surface area is 133 Å². The van der Waals surface area contributed by atoms with Crippen LogP contribution in [-0.4, -0.2) is 40.9 Å². The Hall–Kier alpha value is -0.961. The molecule has 0 spiro atoms. The number of rotatable bonds is 8. The molecule has 0 aliphatic heterocycles. The zero-order valence-corrected chi connectivity index (χ0v) is 15.1. The maximum absolute atomic E-state index is 12.0. The molecule has 0 fully saturated rings. The van der Waals surface area contributed by atoms with E-state index in [0.717, 1.165) is 8.92 Å². The molecule has 2 aromatic carbocycles. The molecule has 2 atom stereocenters. The van der Waals surface area contributed by atoms with Gasteiger partial charge in [-0.05, 0) is 0 Å². The summed E-state index contributed by atoms with van der Waals surface area (Å²) in [6.07, 6.45) is 0. The Balaban J connectivity index is 1.64. The van der Waals surface area contributed by atoms with Crippen LogP contribution in [0.1, 0.15) is 0 Å². The second kappa shape index (κ2) is 9.14. The molecule has 2 aromatic rings. The van der Waals surface area contributed by atoms with Crippen LogP contribution in [0.15, 0.2) is 60.7 Å². The predicted octanol–water partition coefficient (Wildman–Crippen LogP) is 1.66. The van der Waals surface area contributed by atoms with Crippen LogP contribution < -0.4 is 8.92 Å². The van der Waals surface area contributed by atoms with Crippen LogP contribution in [0, 0.1) is 0 Å². The first-order chi connectivity index (χ1) is 10.3. The van der Waals surface area contributed by atoms with Crippen molar-refractivity contribution < 1.29 is 12.4 Å². The third-order valence-corrected chi connectivity index (χ3v) is 8.44. The molecule has 2 rings (SSSR count). The number of benzene rings is 2. The molecular formula is C16H18O3Se2. The van der Waals surface area contributed by atoms with E-state index in [9.17, 15) is 7.67 Å². The van der Waals surface area contributed by atoms with Crippen LogP contribution >= 0.6 is 0 Å². The van der Waals surface area contributed by atoms with Gasteiger partial charge in [0, 0.05) is 0 Å². The summed E-state index contributed by atoms with van der Waals surface area (Å²) in [5, 5.41) is 1.14. The molecule has 5 heteroatoms. The second-order valence-corrected chi connectivity index (χ2v) is 10.9. The quantitative estimate of drug-likeness (QED) is 0.486. The van der Waals surface area contributed by atoms with E-state index in [2.05, 4.69) is 0 Å². The van der Waals surface area contributed by atoms with E-state index in [-0.39, 0.29) is 0 Å². The molecule has 0 heterocycles. The molecule has 0 saturated carbocycles. The van der Waals surface area contributed by atoms with Gasteiger partial charge in [-0.3, -0.25) is 0 Å². The van der Waals surface area contributed by atoms with Crippen molar-refractivity contribution in [2.24, 2.45) is 0 Å². The fraction of sp³-hybridized carbons (Fsp3) is 0.250. The average Bonchev–Trinajstić information content (AvgIpc) is 2.55. The zero-order valence-electron chi connectivity index (χ0n) is 11.6. The van der Waals surface area contributed by atoms with Gasteiger partial charge in [0.25, 0.3) is 0 Å². The van der Waals surface area contributed by atoms with E-state index in [1.54, 1.807) is 0 Å². The first-order valence-electron chi connectivity index (χ1n) is 6.72. The first-order valence-corrected chi connectivity index (χ1v) is 12.3. The Kier molecular flexibility index (Phi) is 7.14. The number of hydrogen-bond donors (Lipinski definition) is 0. The van der Waals surface area contributed by atoms with Gasteiger partial charge in [-0.2, -0.15) is 0 Å². The van der Waals surface area contributed by atoms with Crippen LogP contribution in [-0.2, 0) is 12.4 Å². The molecule has 112 valence electrons. The van der Waals surface area contributed by atoms with Crippen molar-refractivity contribution in [3.8, 4) is 0 Å². The molecule has 0 aromatic heterocycles. The molecule has 21 heavy (non-hydrogen) atoms. The van der Waals surface area contributed by atoms with Gasteiger partial charge in [0.15, 0.2) is 0 Å². The Bertz CT molecular complexity index is 531. The minimum atomic E-state index is -1.99. The molecule has 0 amide bonds. The Morgan fingerprint density at radius 2 is 1.05 bits per heavy atom. The summed E-state index contributed by atoms with van der Waals surface area (Å²) in [7, 11) is 0. The van der Waals surface area contributed by atoms with Gasteiger partial charge in [0.05, 0.1) is 0 Å². The SMILES string of the molecule is O=[Se](CCOCC[Se](=O)c1ccccc1)c1ccccc1. The van der Waals surface area contributed by atoms with E-state index in [4.69, 9.17) is 4.74 Å². The van der Waals surface area contributed by atoms with E-state index in [1.165, 1.54) is 0 Å². The van der Waals surface area contributed by atoms with E-state index in [0.29, 0.717) is 23.9 Å². The molecule has 0 saturated heterocycles. The molecule has 0 aliphatic rings. The van der Waals surface area contributed by atoms with E-state index < -0.39 is 27.7 Å². The van der Waals surface area contributed by atoms with Gasteiger partial charge in [-0.25, -0.2) is 0 Å². The van der Waals surface area contributed by atoms with Crippen LogP contribution in [0.2, 0.25) is 10.6 Å². The van der Waals surface area contributed by atoms with Crippen molar-refractivity contribution in [2.45, 2.75) is 10.6 Å². The van der Waals surface area contributed by atoms with Crippen LogP contribution in [0.25, 0.3) is 0 Å². The first kappa shape index (κ1) is 16.4. The summed E-state index contributed by atoms with van der Waals surface area (Å²) in [5.74, 6) is 0. The van der Waals surface area contributed by atoms with Crippen molar-refractivity contribution >= 4 is 36.6 Å². The van der Waals surface area contributed by atoms with Gasteiger partial charge in [-0.1, -0.05) is 0 Å². The van der Waals surface area contributed by atoms with Crippen molar-refractivity contribution in [3.63, 3.8) is 0 Å². The maximum atomic E-state index is 12.0. The normalized spacial score (nSPS) is 13.7.